The molecule has 0 aromatic heterocycles. The van der Waals surface area contributed by atoms with E-state index in [1.807, 2.05) is 18.2 Å². The van der Waals surface area contributed by atoms with Crippen molar-refractivity contribution >= 4 is 37.8 Å². The van der Waals surface area contributed by atoms with Crippen molar-refractivity contribution in [1.29, 1.82) is 0 Å². The fourth-order valence-electron chi connectivity index (χ4n) is 3.11. The molecule has 3 rings (SSSR count). The minimum atomic E-state index is -0.556. The molecule has 0 spiro atoms. The van der Waals surface area contributed by atoms with Crippen molar-refractivity contribution < 1.29 is 22.1 Å². The third-order valence-corrected chi connectivity index (χ3v) is 6.02. The van der Waals surface area contributed by atoms with Crippen molar-refractivity contribution in [1.82, 2.24) is 4.90 Å². The first kappa shape index (κ1) is 21.2. The SMILES string of the molecule is Cc1cccc(CN2CCCCC2)c1Pc1ccccc1O.[Cl][Ti][Cl]. The van der Waals surface area contributed by atoms with Crippen molar-refractivity contribution in [3.8, 4) is 5.75 Å². The molecule has 2 aromatic rings. The molecule has 0 aliphatic carbocycles. The van der Waals surface area contributed by atoms with E-state index in [2.05, 4.69) is 30.0 Å². The molecule has 1 heterocycles. The first-order valence-corrected chi connectivity index (χ1v) is 13.8. The van der Waals surface area contributed by atoms with E-state index in [1.165, 1.54) is 48.8 Å². The molecule has 1 saturated heterocycles. The van der Waals surface area contributed by atoms with Crippen LogP contribution in [0.15, 0.2) is 42.5 Å². The van der Waals surface area contributed by atoms with Gasteiger partial charge in [0.1, 0.15) is 5.75 Å². The zero-order valence-electron chi connectivity index (χ0n) is 14.4. The Hall–Kier alpha value is -0.0757. The Morgan fingerprint density at radius 3 is 2.40 bits per heavy atom. The summed E-state index contributed by atoms with van der Waals surface area (Å²) in [4.78, 5) is 2.57. The van der Waals surface area contributed by atoms with Crippen LogP contribution in [0.3, 0.4) is 0 Å². The number of para-hydroxylation sites is 1. The van der Waals surface area contributed by atoms with Gasteiger partial charge in [-0.2, -0.15) is 0 Å². The summed E-state index contributed by atoms with van der Waals surface area (Å²) < 4.78 is 0. The van der Waals surface area contributed by atoms with Crippen LogP contribution in [-0.2, 0) is 23.6 Å². The predicted molar refractivity (Wildman–Crippen MR) is 108 cm³/mol. The Balaban J connectivity index is 0.000000701. The fraction of sp³-hybridized carbons (Fsp3) is 0.368. The van der Waals surface area contributed by atoms with Crippen LogP contribution in [0.2, 0.25) is 0 Å². The van der Waals surface area contributed by atoms with Gasteiger partial charge in [-0.15, -0.1) is 0 Å². The molecule has 1 unspecified atom stereocenters. The summed E-state index contributed by atoms with van der Waals surface area (Å²) in [6.07, 6.45) is 4.02. The van der Waals surface area contributed by atoms with Crippen LogP contribution in [0.5, 0.6) is 5.75 Å². The van der Waals surface area contributed by atoms with Crippen molar-refractivity contribution in [3.05, 3.63) is 53.6 Å². The van der Waals surface area contributed by atoms with Crippen LogP contribution in [0, 0.1) is 6.92 Å². The molecule has 0 bridgehead atoms. The predicted octanol–water partition coefficient (Wildman–Crippen LogP) is 4.69. The number of halogens is 2. The number of piperidine rings is 1. The second kappa shape index (κ2) is 11.6. The molecule has 1 fully saturated rings. The summed E-state index contributed by atoms with van der Waals surface area (Å²) in [6.45, 7) is 5.65. The summed E-state index contributed by atoms with van der Waals surface area (Å²) in [7, 11) is 10.3. The Morgan fingerprint density at radius 2 is 1.72 bits per heavy atom. The van der Waals surface area contributed by atoms with Crippen LogP contribution in [-0.4, -0.2) is 23.1 Å². The molecule has 1 N–H and O–H groups in total. The van der Waals surface area contributed by atoms with E-state index in [-0.39, 0.29) is 0 Å². The zero-order chi connectivity index (χ0) is 18.1. The molecular formula is C19H24Cl2NOPTi. The summed E-state index contributed by atoms with van der Waals surface area (Å²) in [6, 6.07) is 14.3. The zero-order valence-corrected chi connectivity index (χ0v) is 18.5. The van der Waals surface area contributed by atoms with Gasteiger partial charge in [-0.25, -0.2) is 0 Å². The topological polar surface area (TPSA) is 23.5 Å². The van der Waals surface area contributed by atoms with Crippen LogP contribution in [0.4, 0.5) is 0 Å². The van der Waals surface area contributed by atoms with Crippen molar-refractivity contribution in [2.45, 2.75) is 32.7 Å². The molecule has 0 radical (unpaired) electrons. The number of rotatable bonds is 4. The number of hydrogen-bond acceptors (Lipinski definition) is 2. The van der Waals surface area contributed by atoms with E-state index in [0.717, 1.165) is 11.8 Å². The van der Waals surface area contributed by atoms with Crippen LogP contribution < -0.4 is 10.6 Å². The number of aryl methyl sites for hydroxylation is 1. The number of nitrogens with zero attached hydrogens (tertiary/aromatic N) is 1. The molecule has 0 amide bonds. The second-order valence-corrected chi connectivity index (χ2v) is 10.0. The van der Waals surface area contributed by atoms with Crippen molar-refractivity contribution in [2.24, 2.45) is 0 Å². The molecule has 0 saturated carbocycles. The Bertz CT molecular complexity index is 666. The molecule has 2 aromatic carbocycles. The van der Waals surface area contributed by atoms with Gasteiger partial charge in [0, 0.05) is 11.8 Å². The van der Waals surface area contributed by atoms with E-state index in [0.29, 0.717) is 14.3 Å². The summed E-state index contributed by atoms with van der Waals surface area (Å²) in [5, 5.41) is 12.5. The first-order valence-electron chi connectivity index (χ1n) is 8.48. The monoisotopic (exact) mass is 431 g/mol. The van der Waals surface area contributed by atoms with E-state index in [4.69, 9.17) is 18.6 Å². The average Bonchev–Trinajstić information content (AvgIpc) is 2.61. The maximum absolute atomic E-state index is 10.1. The van der Waals surface area contributed by atoms with Crippen LogP contribution >= 0.6 is 27.2 Å². The first-order chi connectivity index (χ1) is 12.2. The van der Waals surface area contributed by atoms with Gasteiger partial charge in [-0.1, -0.05) is 51.4 Å². The van der Waals surface area contributed by atoms with Crippen LogP contribution in [0.25, 0.3) is 0 Å². The van der Waals surface area contributed by atoms with Gasteiger partial charge < -0.3 is 5.11 Å². The van der Waals surface area contributed by atoms with Crippen molar-refractivity contribution in [2.75, 3.05) is 13.1 Å². The van der Waals surface area contributed by atoms with E-state index >= 15 is 0 Å². The van der Waals surface area contributed by atoms with Crippen molar-refractivity contribution in [3.63, 3.8) is 0 Å². The standard InChI is InChI=1S/C19H24NOP.2ClH.Ti/c1-15-8-7-9-16(14-20-12-5-2-6-13-20)19(15)22-18-11-4-3-10-17(18)21;;;/h3-4,7-11,21-22H,2,5-6,12-14H2,1H3;2*1H;/q;;;+2/p-2. The molecule has 1 aliphatic heterocycles. The van der Waals surface area contributed by atoms with Gasteiger partial charge in [-0.3, -0.25) is 4.90 Å². The van der Waals surface area contributed by atoms with Gasteiger partial charge in [0.15, 0.2) is 0 Å². The number of hydrogen-bond donors (Lipinski definition) is 1. The van der Waals surface area contributed by atoms with Gasteiger partial charge in [-0.05, 0) is 55.4 Å². The van der Waals surface area contributed by atoms with E-state index < -0.39 is 17.0 Å². The molecule has 1 atom stereocenters. The Labute approximate surface area is 169 Å². The molecule has 1 aliphatic rings. The van der Waals surface area contributed by atoms with E-state index in [9.17, 15) is 5.11 Å². The molecular weight excluding hydrogens is 408 g/mol. The Morgan fingerprint density at radius 1 is 1.04 bits per heavy atom. The Kier molecular flexibility index (Phi) is 9.85. The third kappa shape index (κ3) is 6.87. The third-order valence-electron chi connectivity index (χ3n) is 4.37. The summed E-state index contributed by atoms with van der Waals surface area (Å²) in [5.74, 6) is 0.410. The molecule has 2 nitrogen and oxygen atoms in total. The molecule has 134 valence electrons. The van der Waals surface area contributed by atoms with Gasteiger partial charge in [0.05, 0.1) is 0 Å². The van der Waals surface area contributed by atoms with Crippen LogP contribution in [0.1, 0.15) is 30.4 Å². The average molecular weight is 432 g/mol. The van der Waals surface area contributed by atoms with E-state index in [1.54, 1.807) is 6.07 Å². The van der Waals surface area contributed by atoms with Gasteiger partial charge in [0.2, 0.25) is 0 Å². The van der Waals surface area contributed by atoms with Gasteiger partial charge >= 0.3 is 35.6 Å². The maximum atomic E-state index is 10.1. The second-order valence-electron chi connectivity index (χ2n) is 6.16. The summed E-state index contributed by atoms with van der Waals surface area (Å²) in [5.41, 5.74) is 2.75. The quantitative estimate of drug-likeness (QED) is 0.560. The normalized spacial score (nSPS) is 15.0. The summed E-state index contributed by atoms with van der Waals surface area (Å²) >= 11 is -0.556. The number of phenolic OH excluding ortho intramolecular Hbond substituents is 1. The minimum absolute atomic E-state index is 0.410. The fourth-order valence-corrected chi connectivity index (χ4v) is 4.38. The number of likely N-dealkylation sites (tertiary alicyclic amines) is 1. The molecule has 25 heavy (non-hydrogen) atoms. The number of aromatic hydroxyl groups is 1. The number of benzene rings is 2. The number of phenols is 1. The van der Waals surface area contributed by atoms with Gasteiger partial charge in [0.25, 0.3) is 0 Å². The molecule has 6 heteroatoms.